The molecule has 6 heteroatoms. The van der Waals surface area contributed by atoms with Crippen molar-refractivity contribution < 1.29 is 4.79 Å². The number of aromatic nitrogens is 2. The molecule has 2 heterocycles. The fourth-order valence-corrected chi connectivity index (χ4v) is 3.67. The molecule has 5 nitrogen and oxygen atoms in total. The molecule has 0 amide bonds. The van der Waals surface area contributed by atoms with Crippen molar-refractivity contribution >= 4 is 33.8 Å². The predicted molar refractivity (Wildman–Crippen MR) is 92.8 cm³/mol. The predicted octanol–water partition coefficient (Wildman–Crippen LogP) is 3.20. The number of hydrogen-bond donors (Lipinski definition) is 2. The van der Waals surface area contributed by atoms with Crippen LogP contribution >= 0.6 is 11.3 Å². The van der Waals surface area contributed by atoms with Gasteiger partial charge in [-0.05, 0) is 18.4 Å². The van der Waals surface area contributed by atoms with Crippen LogP contribution in [0.1, 0.15) is 28.1 Å². The van der Waals surface area contributed by atoms with Crippen LogP contribution in [0.15, 0.2) is 30.3 Å². The number of nitrogens with two attached hydrogens (primary N) is 1. The van der Waals surface area contributed by atoms with Gasteiger partial charge < -0.3 is 11.1 Å². The van der Waals surface area contributed by atoms with Gasteiger partial charge in [-0.25, -0.2) is 9.97 Å². The Kier molecular flexibility index (Phi) is 3.55. The number of hydrogen-bond acceptors (Lipinski definition) is 6. The van der Waals surface area contributed by atoms with Gasteiger partial charge in [-0.2, -0.15) is 0 Å². The maximum atomic E-state index is 11.4. The van der Waals surface area contributed by atoms with Crippen molar-refractivity contribution in [2.24, 2.45) is 5.73 Å². The van der Waals surface area contributed by atoms with E-state index in [-0.39, 0.29) is 0 Å². The first-order valence-corrected chi connectivity index (χ1v) is 8.42. The highest BCUT2D eigenvalue weighted by molar-refractivity contribution is 7.20. The summed E-state index contributed by atoms with van der Waals surface area (Å²) in [7, 11) is 0. The average Bonchev–Trinajstić information content (AvgIpc) is 3.32. The van der Waals surface area contributed by atoms with Crippen LogP contribution in [0.5, 0.6) is 0 Å². The first-order valence-electron chi connectivity index (χ1n) is 7.60. The van der Waals surface area contributed by atoms with Crippen molar-refractivity contribution in [3.63, 3.8) is 0 Å². The van der Waals surface area contributed by atoms with Gasteiger partial charge >= 0.3 is 0 Å². The van der Waals surface area contributed by atoms with Crippen molar-refractivity contribution in [2.45, 2.75) is 25.4 Å². The summed E-state index contributed by atoms with van der Waals surface area (Å²) in [4.78, 5) is 22.1. The van der Waals surface area contributed by atoms with Gasteiger partial charge in [0.05, 0.1) is 10.6 Å². The highest BCUT2D eigenvalue weighted by Gasteiger charge is 2.24. The minimum absolute atomic E-state index is 0.298. The van der Waals surface area contributed by atoms with Gasteiger partial charge in [0.1, 0.15) is 4.83 Å². The van der Waals surface area contributed by atoms with Gasteiger partial charge in [0.15, 0.2) is 6.29 Å². The molecule has 1 saturated carbocycles. The van der Waals surface area contributed by atoms with Crippen molar-refractivity contribution in [2.75, 3.05) is 5.32 Å². The summed E-state index contributed by atoms with van der Waals surface area (Å²) in [6.07, 6.45) is 3.16. The number of benzene rings is 1. The van der Waals surface area contributed by atoms with Crippen molar-refractivity contribution in [3.05, 3.63) is 40.8 Å². The normalized spacial score (nSPS) is 14.1. The first-order chi connectivity index (χ1) is 11.3. The zero-order chi connectivity index (χ0) is 15.8. The number of aldehydes is 1. The number of nitrogens with zero attached hydrogens (tertiary/aromatic N) is 2. The Bertz CT molecular complexity index is 871. The van der Waals surface area contributed by atoms with Crippen molar-refractivity contribution in [1.82, 2.24) is 9.97 Å². The van der Waals surface area contributed by atoms with Crippen LogP contribution in [0.4, 0.5) is 5.95 Å². The zero-order valence-electron chi connectivity index (χ0n) is 12.5. The van der Waals surface area contributed by atoms with Gasteiger partial charge in [0.25, 0.3) is 0 Å². The number of rotatable bonds is 5. The Morgan fingerprint density at radius 3 is 2.70 bits per heavy atom. The fraction of sp³-hybridized carbons (Fsp3) is 0.235. The lowest BCUT2D eigenvalue weighted by molar-refractivity contribution is 0.112. The Morgan fingerprint density at radius 1 is 1.26 bits per heavy atom. The van der Waals surface area contributed by atoms with E-state index in [1.54, 1.807) is 0 Å². The van der Waals surface area contributed by atoms with Crippen LogP contribution in [-0.2, 0) is 6.54 Å². The van der Waals surface area contributed by atoms with E-state index >= 15 is 0 Å². The SMILES string of the molecule is NCc1c(C=O)sc2nc(NC3CC3)nc(-c3ccccc3)c12. The third-order valence-corrected chi connectivity index (χ3v) is 5.00. The van der Waals surface area contributed by atoms with E-state index in [1.807, 2.05) is 30.3 Å². The molecule has 0 spiro atoms. The lowest BCUT2D eigenvalue weighted by Gasteiger charge is -2.09. The summed E-state index contributed by atoms with van der Waals surface area (Å²) in [6.45, 7) is 0.298. The molecule has 0 aliphatic heterocycles. The zero-order valence-corrected chi connectivity index (χ0v) is 13.3. The van der Waals surface area contributed by atoms with E-state index < -0.39 is 0 Å². The van der Waals surface area contributed by atoms with Crippen LogP contribution < -0.4 is 11.1 Å². The van der Waals surface area contributed by atoms with E-state index in [1.165, 1.54) is 11.3 Å². The third kappa shape index (κ3) is 2.60. The molecular formula is C17H16N4OS. The van der Waals surface area contributed by atoms with E-state index in [2.05, 4.69) is 10.3 Å². The van der Waals surface area contributed by atoms with Gasteiger partial charge in [-0.1, -0.05) is 30.3 Å². The lowest BCUT2D eigenvalue weighted by Crippen LogP contribution is -2.06. The molecule has 23 heavy (non-hydrogen) atoms. The highest BCUT2D eigenvalue weighted by atomic mass is 32.1. The molecule has 1 aliphatic carbocycles. The molecule has 3 N–H and O–H groups in total. The van der Waals surface area contributed by atoms with Crippen LogP contribution in [0.25, 0.3) is 21.5 Å². The maximum Gasteiger partial charge on any atom is 0.224 e. The molecule has 1 fully saturated rings. The topological polar surface area (TPSA) is 80.9 Å². The van der Waals surface area contributed by atoms with Crippen molar-refractivity contribution in [1.29, 1.82) is 0 Å². The summed E-state index contributed by atoms with van der Waals surface area (Å²) in [5, 5.41) is 4.24. The van der Waals surface area contributed by atoms with Gasteiger partial charge in [-0.15, -0.1) is 11.3 Å². The van der Waals surface area contributed by atoms with Crippen LogP contribution in [0, 0.1) is 0 Å². The third-order valence-electron chi connectivity index (χ3n) is 3.95. The van der Waals surface area contributed by atoms with E-state index in [9.17, 15) is 4.79 Å². The fourth-order valence-electron chi connectivity index (χ4n) is 2.65. The van der Waals surface area contributed by atoms with Crippen LogP contribution in [-0.4, -0.2) is 22.3 Å². The Balaban J connectivity index is 1.98. The molecule has 4 rings (SSSR count). The smallest absolute Gasteiger partial charge is 0.224 e. The van der Waals surface area contributed by atoms with Gasteiger partial charge in [0.2, 0.25) is 5.95 Å². The van der Waals surface area contributed by atoms with E-state index in [4.69, 9.17) is 10.7 Å². The molecule has 3 aromatic rings. The Morgan fingerprint density at radius 2 is 2.04 bits per heavy atom. The number of carbonyl (C=O) groups is 1. The molecule has 1 aromatic carbocycles. The molecule has 1 aliphatic rings. The van der Waals surface area contributed by atoms with Crippen LogP contribution in [0.2, 0.25) is 0 Å². The van der Waals surface area contributed by atoms with Crippen molar-refractivity contribution in [3.8, 4) is 11.3 Å². The van der Waals surface area contributed by atoms with Crippen LogP contribution in [0.3, 0.4) is 0 Å². The van der Waals surface area contributed by atoms with Gasteiger partial charge in [0, 0.05) is 23.5 Å². The first kappa shape index (κ1) is 14.3. The summed E-state index contributed by atoms with van der Waals surface area (Å²) in [5.41, 5.74) is 8.56. The molecule has 2 aromatic heterocycles. The maximum absolute atomic E-state index is 11.4. The lowest BCUT2D eigenvalue weighted by atomic mass is 10.1. The Labute approximate surface area is 137 Å². The summed E-state index contributed by atoms with van der Waals surface area (Å²) in [6, 6.07) is 10.4. The molecule has 0 atom stereocenters. The molecule has 0 saturated heterocycles. The molecule has 0 bridgehead atoms. The summed E-state index contributed by atoms with van der Waals surface area (Å²) in [5.74, 6) is 0.626. The molecule has 116 valence electrons. The Hall–Kier alpha value is -2.31. The van der Waals surface area contributed by atoms with E-state index in [0.29, 0.717) is 23.4 Å². The number of fused-ring (bicyclic) bond motifs is 1. The number of carbonyl (C=O) groups excluding carboxylic acids is 1. The second-order valence-electron chi connectivity index (χ2n) is 5.63. The highest BCUT2D eigenvalue weighted by Crippen LogP contribution is 2.37. The van der Waals surface area contributed by atoms with E-state index in [0.717, 1.165) is 46.2 Å². The molecular weight excluding hydrogens is 308 g/mol. The average molecular weight is 324 g/mol. The molecule has 0 unspecified atom stereocenters. The summed E-state index contributed by atoms with van der Waals surface area (Å²) < 4.78 is 0. The quantitative estimate of drug-likeness (QED) is 0.704. The standard InChI is InChI=1S/C17H16N4OS/c18-8-12-13(9-22)23-16-14(12)15(10-4-2-1-3-5-10)20-17(21-16)19-11-6-7-11/h1-5,9,11H,6-8,18H2,(H,19,20,21). The number of anilines is 1. The minimum atomic E-state index is 0.298. The number of thiophene rings is 1. The number of nitrogens with one attached hydrogen (secondary N) is 1. The monoisotopic (exact) mass is 324 g/mol. The second-order valence-corrected chi connectivity index (χ2v) is 6.66. The summed E-state index contributed by atoms with van der Waals surface area (Å²) >= 11 is 1.38. The minimum Gasteiger partial charge on any atom is -0.351 e. The largest absolute Gasteiger partial charge is 0.351 e. The molecule has 0 radical (unpaired) electrons. The second kappa shape index (κ2) is 5.72. The van der Waals surface area contributed by atoms with Gasteiger partial charge in [-0.3, -0.25) is 4.79 Å².